The van der Waals surface area contributed by atoms with Gasteiger partial charge in [0.15, 0.2) is 0 Å². The van der Waals surface area contributed by atoms with Gasteiger partial charge in [-0.15, -0.1) is 0 Å². The monoisotopic (exact) mass is 293 g/mol. The van der Waals surface area contributed by atoms with Gasteiger partial charge in [0.25, 0.3) is 0 Å². The fraction of sp³-hybridized carbons (Fsp3) is 0.812. The van der Waals surface area contributed by atoms with Crippen LogP contribution in [0.4, 0.5) is 0 Å². The van der Waals surface area contributed by atoms with Gasteiger partial charge in [-0.1, -0.05) is 0 Å². The third-order valence-corrected chi connectivity index (χ3v) is 4.82. The molecule has 3 rings (SSSR count). The van der Waals surface area contributed by atoms with E-state index in [-0.39, 0.29) is 0 Å². The highest BCUT2D eigenvalue weighted by Gasteiger charge is 2.33. The van der Waals surface area contributed by atoms with Gasteiger partial charge in [0.05, 0.1) is 24.5 Å². The van der Waals surface area contributed by atoms with E-state index in [4.69, 9.17) is 9.47 Å². The molecule has 118 valence electrons. The zero-order chi connectivity index (χ0) is 14.8. The molecular weight excluding hydrogens is 266 g/mol. The first-order valence-electron chi connectivity index (χ1n) is 8.14. The first kappa shape index (κ1) is 14.9. The SMILES string of the molecule is COc1c([C@@H]2CCCN2C[C@H]2CCCCO2)c(C)nn1C. The molecule has 2 fully saturated rings. The van der Waals surface area contributed by atoms with Crippen molar-refractivity contribution < 1.29 is 9.47 Å². The highest BCUT2D eigenvalue weighted by Crippen LogP contribution is 2.39. The molecule has 1 aromatic heterocycles. The summed E-state index contributed by atoms with van der Waals surface area (Å²) in [6, 6.07) is 0.430. The van der Waals surface area contributed by atoms with Crippen LogP contribution >= 0.6 is 0 Å². The molecule has 5 heteroatoms. The van der Waals surface area contributed by atoms with E-state index < -0.39 is 0 Å². The van der Waals surface area contributed by atoms with Crippen LogP contribution in [-0.4, -0.2) is 47.6 Å². The first-order chi connectivity index (χ1) is 10.2. The Labute approximate surface area is 127 Å². The fourth-order valence-corrected chi connectivity index (χ4v) is 3.86. The Morgan fingerprint density at radius 3 is 2.86 bits per heavy atom. The first-order valence-corrected chi connectivity index (χ1v) is 8.14. The molecule has 0 spiro atoms. The van der Waals surface area contributed by atoms with Crippen molar-refractivity contribution in [2.24, 2.45) is 7.05 Å². The lowest BCUT2D eigenvalue weighted by molar-refractivity contribution is -0.00823. The van der Waals surface area contributed by atoms with Crippen molar-refractivity contribution in [2.75, 3.05) is 26.8 Å². The molecule has 5 nitrogen and oxygen atoms in total. The highest BCUT2D eigenvalue weighted by molar-refractivity contribution is 5.35. The summed E-state index contributed by atoms with van der Waals surface area (Å²) in [5.74, 6) is 0.911. The minimum absolute atomic E-state index is 0.405. The van der Waals surface area contributed by atoms with Gasteiger partial charge in [0, 0.05) is 26.2 Å². The van der Waals surface area contributed by atoms with Gasteiger partial charge in [0.1, 0.15) is 0 Å². The summed E-state index contributed by atoms with van der Waals surface area (Å²) in [6.07, 6.45) is 6.56. The van der Waals surface area contributed by atoms with E-state index in [0.717, 1.165) is 31.3 Å². The van der Waals surface area contributed by atoms with Gasteiger partial charge < -0.3 is 9.47 Å². The van der Waals surface area contributed by atoms with Gasteiger partial charge in [-0.2, -0.15) is 5.10 Å². The number of hydrogen-bond acceptors (Lipinski definition) is 4. The summed E-state index contributed by atoms with van der Waals surface area (Å²) in [4.78, 5) is 2.57. The Kier molecular flexibility index (Phi) is 4.50. The quantitative estimate of drug-likeness (QED) is 0.855. The van der Waals surface area contributed by atoms with E-state index in [1.165, 1.54) is 37.7 Å². The lowest BCUT2D eigenvalue weighted by Gasteiger charge is -2.31. The minimum Gasteiger partial charge on any atom is -0.481 e. The van der Waals surface area contributed by atoms with Crippen molar-refractivity contribution >= 4 is 0 Å². The molecule has 1 aromatic rings. The third-order valence-electron chi connectivity index (χ3n) is 4.82. The van der Waals surface area contributed by atoms with E-state index in [1.807, 2.05) is 11.7 Å². The molecule has 2 saturated heterocycles. The third kappa shape index (κ3) is 2.94. The van der Waals surface area contributed by atoms with Crippen LogP contribution in [0.25, 0.3) is 0 Å². The van der Waals surface area contributed by atoms with Crippen LogP contribution < -0.4 is 4.74 Å². The van der Waals surface area contributed by atoms with Crippen LogP contribution in [0.2, 0.25) is 0 Å². The van der Waals surface area contributed by atoms with Crippen LogP contribution in [0.15, 0.2) is 0 Å². The van der Waals surface area contributed by atoms with E-state index in [9.17, 15) is 0 Å². The van der Waals surface area contributed by atoms with Gasteiger partial charge in [-0.3, -0.25) is 4.90 Å². The molecule has 0 aromatic carbocycles. The summed E-state index contributed by atoms with van der Waals surface area (Å²) in [5, 5.41) is 4.54. The molecule has 21 heavy (non-hydrogen) atoms. The average Bonchev–Trinajstić information content (AvgIpc) is 3.03. The lowest BCUT2D eigenvalue weighted by atomic mass is 10.0. The van der Waals surface area contributed by atoms with Gasteiger partial charge in [-0.25, -0.2) is 4.68 Å². The molecular formula is C16H27N3O2. The summed E-state index contributed by atoms with van der Waals surface area (Å²) in [7, 11) is 3.70. The topological polar surface area (TPSA) is 39.5 Å². The van der Waals surface area contributed by atoms with Crippen LogP contribution in [0.3, 0.4) is 0 Å². The van der Waals surface area contributed by atoms with E-state index >= 15 is 0 Å². The molecule has 2 aliphatic rings. The number of aromatic nitrogens is 2. The zero-order valence-electron chi connectivity index (χ0n) is 13.5. The minimum atomic E-state index is 0.405. The molecule has 0 amide bonds. The molecule has 0 N–H and O–H groups in total. The van der Waals surface area contributed by atoms with Crippen LogP contribution in [-0.2, 0) is 11.8 Å². The Balaban J connectivity index is 1.77. The van der Waals surface area contributed by atoms with Crippen molar-refractivity contribution in [2.45, 2.75) is 51.2 Å². The molecule has 0 radical (unpaired) electrons. The number of methoxy groups -OCH3 is 1. The molecule has 0 saturated carbocycles. The number of hydrogen-bond donors (Lipinski definition) is 0. The van der Waals surface area contributed by atoms with Gasteiger partial charge in [0.2, 0.25) is 5.88 Å². The summed E-state index contributed by atoms with van der Waals surface area (Å²) in [6.45, 7) is 5.22. The second-order valence-electron chi connectivity index (χ2n) is 6.27. The van der Waals surface area contributed by atoms with Crippen molar-refractivity contribution in [3.63, 3.8) is 0 Å². The second-order valence-corrected chi connectivity index (χ2v) is 6.27. The maximum Gasteiger partial charge on any atom is 0.216 e. The molecule has 0 unspecified atom stereocenters. The smallest absolute Gasteiger partial charge is 0.216 e. The van der Waals surface area contributed by atoms with E-state index in [2.05, 4.69) is 16.9 Å². The predicted molar refractivity (Wildman–Crippen MR) is 81.6 cm³/mol. The molecule has 2 aliphatic heterocycles. The summed E-state index contributed by atoms with van der Waals surface area (Å²) in [5.41, 5.74) is 2.36. The molecule has 2 atom stereocenters. The van der Waals surface area contributed by atoms with Crippen molar-refractivity contribution in [1.82, 2.24) is 14.7 Å². The Hall–Kier alpha value is -1.07. The zero-order valence-corrected chi connectivity index (χ0v) is 13.5. The molecule has 0 bridgehead atoms. The lowest BCUT2D eigenvalue weighted by Crippen LogP contribution is -2.35. The van der Waals surface area contributed by atoms with Crippen molar-refractivity contribution in [3.05, 3.63) is 11.3 Å². The highest BCUT2D eigenvalue weighted by atomic mass is 16.5. The largest absolute Gasteiger partial charge is 0.481 e. The number of aryl methyl sites for hydroxylation is 2. The Bertz CT molecular complexity index is 480. The molecule has 0 aliphatic carbocycles. The van der Waals surface area contributed by atoms with Crippen LogP contribution in [0.5, 0.6) is 5.88 Å². The normalized spacial score (nSPS) is 27.2. The maximum atomic E-state index is 5.92. The van der Waals surface area contributed by atoms with Crippen molar-refractivity contribution in [1.29, 1.82) is 0 Å². The second kappa shape index (κ2) is 6.36. The predicted octanol–water partition coefficient (Wildman–Crippen LogP) is 2.44. The maximum absolute atomic E-state index is 5.92. The fourth-order valence-electron chi connectivity index (χ4n) is 3.86. The number of rotatable bonds is 4. The molecule has 3 heterocycles. The van der Waals surface area contributed by atoms with Gasteiger partial charge in [-0.05, 0) is 45.6 Å². The van der Waals surface area contributed by atoms with Gasteiger partial charge >= 0.3 is 0 Å². The average molecular weight is 293 g/mol. The number of ether oxygens (including phenoxy) is 2. The van der Waals surface area contributed by atoms with Crippen LogP contribution in [0, 0.1) is 6.92 Å². The summed E-state index contributed by atoms with van der Waals surface area (Å²) >= 11 is 0. The van der Waals surface area contributed by atoms with Crippen molar-refractivity contribution in [3.8, 4) is 5.88 Å². The Morgan fingerprint density at radius 1 is 1.29 bits per heavy atom. The number of likely N-dealkylation sites (tertiary alicyclic amines) is 1. The standard InChI is InChI=1S/C16H27N3O2/c1-12-15(16(20-3)18(2)17-12)14-8-6-9-19(14)11-13-7-4-5-10-21-13/h13-14H,4-11H2,1-3H3/t13-,14+/m1/s1. The summed E-state index contributed by atoms with van der Waals surface area (Å²) < 4.78 is 13.4. The van der Waals surface area contributed by atoms with E-state index in [1.54, 1.807) is 7.11 Å². The number of nitrogens with zero attached hydrogens (tertiary/aromatic N) is 3. The van der Waals surface area contributed by atoms with Crippen LogP contribution in [0.1, 0.15) is 49.4 Å². The Morgan fingerprint density at radius 2 is 2.14 bits per heavy atom. The van der Waals surface area contributed by atoms with E-state index in [0.29, 0.717) is 12.1 Å².